The van der Waals surface area contributed by atoms with Gasteiger partial charge in [0.25, 0.3) is 5.91 Å². The summed E-state index contributed by atoms with van der Waals surface area (Å²) in [6.07, 6.45) is 5.52. The number of amides is 1. The van der Waals surface area contributed by atoms with E-state index in [0.717, 1.165) is 45.3 Å². The zero-order valence-electron chi connectivity index (χ0n) is 17.0. The topological polar surface area (TPSA) is 75.9 Å². The number of thioether (sulfide) groups is 1. The molecule has 4 rings (SSSR count). The number of carbonyl (C=O) groups excluding carboxylic acids is 1. The average Bonchev–Trinajstić information content (AvgIpc) is 3.17. The number of rotatable bonds is 7. The molecule has 0 spiro atoms. The Labute approximate surface area is 188 Å². The molecule has 1 aromatic carbocycles. The molecule has 3 aromatic rings. The molecule has 1 aliphatic rings. The van der Waals surface area contributed by atoms with Crippen LogP contribution >= 0.6 is 27.7 Å². The minimum Gasteiger partial charge on any atom is -0.356 e. The fraction of sp³-hybridized carbons (Fsp3) is 0.429. The first kappa shape index (κ1) is 21.1. The number of nitrogens with one attached hydrogen (secondary N) is 1. The lowest BCUT2D eigenvalue weighted by Crippen LogP contribution is -2.30. The van der Waals surface area contributed by atoms with Crippen molar-refractivity contribution < 1.29 is 4.79 Å². The van der Waals surface area contributed by atoms with Gasteiger partial charge < -0.3 is 10.2 Å². The van der Waals surface area contributed by atoms with Crippen LogP contribution in [0.4, 0.5) is 5.82 Å². The van der Waals surface area contributed by atoms with Crippen LogP contribution in [-0.4, -0.2) is 51.0 Å². The summed E-state index contributed by atoms with van der Waals surface area (Å²) >= 11 is 5.03. The van der Waals surface area contributed by atoms with E-state index in [1.54, 1.807) is 23.9 Å². The van der Waals surface area contributed by atoms with Gasteiger partial charge in [0.1, 0.15) is 5.82 Å². The molecule has 0 aliphatic carbocycles. The molecule has 9 heteroatoms. The quantitative estimate of drug-likeness (QED) is 0.398. The number of fused-ring (bicyclic) bond motifs is 1. The van der Waals surface area contributed by atoms with Gasteiger partial charge >= 0.3 is 0 Å². The Balaban J connectivity index is 1.51. The summed E-state index contributed by atoms with van der Waals surface area (Å²) in [7, 11) is 0. The zero-order chi connectivity index (χ0) is 20.9. The molecule has 2 aromatic heterocycles. The Morgan fingerprint density at radius 1 is 1.17 bits per heavy atom. The summed E-state index contributed by atoms with van der Waals surface area (Å²) in [6.45, 7) is 5.19. The fourth-order valence-electron chi connectivity index (χ4n) is 3.60. The molecule has 0 radical (unpaired) electrons. The molecule has 0 saturated carbocycles. The first-order chi connectivity index (χ1) is 14.7. The van der Waals surface area contributed by atoms with Crippen molar-refractivity contribution in [2.45, 2.75) is 37.9 Å². The lowest BCUT2D eigenvalue weighted by Gasteiger charge is -2.28. The van der Waals surface area contributed by atoms with Crippen molar-refractivity contribution in [3.8, 4) is 0 Å². The van der Waals surface area contributed by atoms with Crippen molar-refractivity contribution in [1.82, 2.24) is 25.1 Å². The average molecular weight is 489 g/mol. The predicted octanol–water partition coefficient (Wildman–Crippen LogP) is 4.12. The van der Waals surface area contributed by atoms with Crippen molar-refractivity contribution in [1.29, 1.82) is 0 Å². The van der Waals surface area contributed by atoms with E-state index >= 15 is 0 Å². The Kier molecular flexibility index (Phi) is 6.89. The SMILES string of the molecule is CCSc1nc(N2CCCCC2)c2cnn(CCNC(=O)c3ccc(Br)cc3)c2n1. The highest BCUT2D eigenvalue weighted by molar-refractivity contribution is 9.10. The van der Waals surface area contributed by atoms with Gasteiger partial charge in [0, 0.05) is 29.7 Å². The third-order valence-corrected chi connectivity index (χ3v) is 6.36. The van der Waals surface area contributed by atoms with Crippen LogP contribution < -0.4 is 10.2 Å². The summed E-state index contributed by atoms with van der Waals surface area (Å²) in [6, 6.07) is 7.33. The lowest BCUT2D eigenvalue weighted by atomic mass is 10.1. The standard InChI is InChI=1S/C21H25BrN6OS/c1-2-30-21-25-18(27-11-4-3-5-12-27)17-14-24-28(19(17)26-21)13-10-23-20(29)15-6-8-16(22)9-7-15/h6-9,14H,2-5,10-13H2,1H3,(H,23,29). The summed E-state index contributed by atoms with van der Waals surface area (Å²) < 4.78 is 2.82. The van der Waals surface area contributed by atoms with E-state index in [9.17, 15) is 4.79 Å². The molecule has 7 nitrogen and oxygen atoms in total. The van der Waals surface area contributed by atoms with Gasteiger partial charge in [-0.3, -0.25) is 4.79 Å². The second-order valence-electron chi connectivity index (χ2n) is 7.18. The minimum atomic E-state index is -0.0928. The van der Waals surface area contributed by atoms with Crippen LogP contribution in [-0.2, 0) is 6.54 Å². The molecule has 0 bridgehead atoms. The van der Waals surface area contributed by atoms with Crippen molar-refractivity contribution in [3.63, 3.8) is 0 Å². The van der Waals surface area contributed by atoms with Crippen LogP contribution in [0.15, 0.2) is 40.1 Å². The highest BCUT2D eigenvalue weighted by atomic mass is 79.9. The second-order valence-corrected chi connectivity index (χ2v) is 9.33. The van der Waals surface area contributed by atoms with Gasteiger partial charge in [0.05, 0.1) is 18.1 Å². The predicted molar refractivity (Wildman–Crippen MR) is 124 cm³/mol. The maximum atomic E-state index is 12.4. The molecule has 3 heterocycles. The van der Waals surface area contributed by atoms with Crippen LogP contribution in [0.3, 0.4) is 0 Å². The van der Waals surface area contributed by atoms with E-state index in [1.165, 1.54) is 19.3 Å². The molecule has 30 heavy (non-hydrogen) atoms. The van der Waals surface area contributed by atoms with E-state index in [0.29, 0.717) is 18.7 Å². The molecule has 1 amide bonds. The van der Waals surface area contributed by atoms with Crippen LogP contribution in [0.2, 0.25) is 0 Å². The zero-order valence-corrected chi connectivity index (χ0v) is 19.4. The van der Waals surface area contributed by atoms with Crippen molar-refractivity contribution in [2.75, 3.05) is 30.3 Å². The summed E-state index contributed by atoms with van der Waals surface area (Å²) in [5.74, 6) is 1.81. The molecule has 1 fully saturated rings. The number of nitrogens with zero attached hydrogens (tertiary/aromatic N) is 5. The third-order valence-electron chi connectivity index (χ3n) is 5.10. The molecule has 0 atom stereocenters. The van der Waals surface area contributed by atoms with Gasteiger partial charge in [-0.2, -0.15) is 5.10 Å². The molecular formula is C21H25BrN6OS. The monoisotopic (exact) mass is 488 g/mol. The van der Waals surface area contributed by atoms with Gasteiger partial charge in [0.2, 0.25) is 0 Å². The maximum Gasteiger partial charge on any atom is 0.251 e. The highest BCUT2D eigenvalue weighted by Gasteiger charge is 2.20. The van der Waals surface area contributed by atoms with E-state index in [-0.39, 0.29) is 5.91 Å². The minimum absolute atomic E-state index is 0.0928. The number of benzene rings is 1. The summed E-state index contributed by atoms with van der Waals surface area (Å²) in [4.78, 5) is 24.3. The van der Waals surface area contributed by atoms with Crippen molar-refractivity contribution in [3.05, 3.63) is 40.5 Å². The molecular weight excluding hydrogens is 464 g/mol. The van der Waals surface area contributed by atoms with E-state index < -0.39 is 0 Å². The molecule has 158 valence electrons. The Morgan fingerprint density at radius 3 is 2.67 bits per heavy atom. The van der Waals surface area contributed by atoms with E-state index in [4.69, 9.17) is 9.97 Å². The number of halogens is 1. The van der Waals surface area contributed by atoms with Gasteiger partial charge in [-0.25, -0.2) is 14.6 Å². The van der Waals surface area contributed by atoms with Gasteiger partial charge in [-0.05, 0) is 49.3 Å². The van der Waals surface area contributed by atoms with E-state index in [1.807, 2.05) is 23.0 Å². The molecule has 1 N–H and O–H groups in total. The largest absolute Gasteiger partial charge is 0.356 e. The highest BCUT2D eigenvalue weighted by Crippen LogP contribution is 2.29. The van der Waals surface area contributed by atoms with Gasteiger partial charge in [-0.1, -0.05) is 34.6 Å². The molecule has 1 saturated heterocycles. The van der Waals surface area contributed by atoms with Crippen LogP contribution in [0.1, 0.15) is 36.5 Å². The van der Waals surface area contributed by atoms with Gasteiger partial charge in [0.15, 0.2) is 10.8 Å². The number of carbonyl (C=O) groups is 1. The molecule has 0 unspecified atom stereocenters. The number of hydrogen-bond acceptors (Lipinski definition) is 6. The number of aromatic nitrogens is 4. The number of anilines is 1. The third kappa shape index (κ3) is 4.78. The molecule has 1 aliphatic heterocycles. The second kappa shape index (κ2) is 9.78. The first-order valence-electron chi connectivity index (χ1n) is 10.3. The Hall–Kier alpha value is -2.13. The maximum absolute atomic E-state index is 12.4. The van der Waals surface area contributed by atoms with E-state index in [2.05, 4.69) is 38.2 Å². The van der Waals surface area contributed by atoms with Crippen LogP contribution in [0.5, 0.6) is 0 Å². The van der Waals surface area contributed by atoms with Crippen LogP contribution in [0, 0.1) is 0 Å². The van der Waals surface area contributed by atoms with Crippen LogP contribution in [0.25, 0.3) is 11.0 Å². The smallest absolute Gasteiger partial charge is 0.251 e. The van der Waals surface area contributed by atoms with Crippen molar-refractivity contribution >= 4 is 50.5 Å². The Bertz CT molecular complexity index is 1020. The lowest BCUT2D eigenvalue weighted by molar-refractivity contribution is 0.0952. The first-order valence-corrected chi connectivity index (χ1v) is 12.1. The number of hydrogen-bond donors (Lipinski definition) is 1. The summed E-state index contributed by atoms with van der Waals surface area (Å²) in [5.41, 5.74) is 1.47. The number of piperidine rings is 1. The normalized spacial score (nSPS) is 14.3. The van der Waals surface area contributed by atoms with Gasteiger partial charge in [-0.15, -0.1) is 0 Å². The van der Waals surface area contributed by atoms with Crippen molar-refractivity contribution in [2.24, 2.45) is 0 Å². The Morgan fingerprint density at radius 2 is 1.93 bits per heavy atom. The fourth-order valence-corrected chi connectivity index (χ4v) is 4.43. The summed E-state index contributed by atoms with van der Waals surface area (Å²) in [5, 5.41) is 9.29.